The van der Waals surface area contributed by atoms with Crippen LogP contribution in [0.4, 0.5) is 5.69 Å². The van der Waals surface area contributed by atoms with E-state index in [0.717, 1.165) is 22.4 Å². The molecule has 1 aliphatic heterocycles. The third kappa shape index (κ3) is 4.67. The molecule has 0 radical (unpaired) electrons. The molecule has 1 atom stereocenters. The van der Waals surface area contributed by atoms with Crippen molar-refractivity contribution in [1.29, 1.82) is 0 Å². The number of carbonyl (C=O) groups excluding carboxylic acids is 1. The summed E-state index contributed by atoms with van der Waals surface area (Å²) in [6.45, 7) is 1.02. The molecular weight excluding hydrogens is 412 g/mol. The van der Waals surface area contributed by atoms with Crippen LogP contribution in [-0.4, -0.2) is 26.4 Å². The van der Waals surface area contributed by atoms with Gasteiger partial charge in [0.25, 0.3) is 5.91 Å². The number of amides is 1. The Balaban J connectivity index is 1.33. The maximum absolute atomic E-state index is 13.1. The Hall–Kier alpha value is -4.26. The van der Waals surface area contributed by atoms with Crippen molar-refractivity contribution in [3.8, 4) is 0 Å². The SMILES string of the molecule is O=C(NCc1ccccc1Cn1cncn1)C1=NN(c2ccccc2)C(c2ccccc2)C1. The minimum atomic E-state index is -0.148. The molecule has 5 rings (SSSR count). The Morgan fingerprint density at radius 2 is 1.61 bits per heavy atom. The van der Waals surface area contributed by atoms with Gasteiger partial charge in [-0.15, -0.1) is 0 Å². The minimum absolute atomic E-state index is 0.0195. The molecule has 3 aromatic carbocycles. The van der Waals surface area contributed by atoms with Crippen LogP contribution in [0.3, 0.4) is 0 Å². The number of anilines is 1. The van der Waals surface area contributed by atoms with Crippen LogP contribution in [0, 0.1) is 0 Å². The van der Waals surface area contributed by atoms with Gasteiger partial charge >= 0.3 is 0 Å². The summed E-state index contributed by atoms with van der Waals surface area (Å²) in [5.41, 5.74) is 4.75. The highest BCUT2D eigenvalue weighted by Gasteiger charge is 2.32. The summed E-state index contributed by atoms with van der Waals surface area (Å²) in [7, 11) is 0. The zero-order valence-electron chi connectivity index (χ0n) is 18.1. The van der Waals surface area contributed by atoms with Gasteiger partial charge in [0.05, 0.1) is 18.3 Å². The van der Waals surface area contributed by atoms with E-state index >= 15 is 0 Å². The molecule has 0 bridgehead atoms. The van der Waals surface area contributed by atoms with Crippen molar-refractivity contribution in [2.24, 2.45) is 5.10 Å². The molecule has 1 unspecified atom stereocenters. The molecule has 0 spiro atoms. The van der Waals surface area contributed by atoms with Gasteiger partial charge in [0.2, 0.25) is 0 Å². The highest BCUT2D eigenvalue weighted by Crippen LogP contribution is 2.35. The van der Waals surface area contributed by atoms with Crippen molar-refractivity contribution in [1.82, 2.24) is 20.1 Å². The second kappa shape index (κ2) is 9.48. The zero-order valence-corrected chi connectivity index (χ0v) is 18.1. The first-order valence-corrected chi connectivity index (χ1v) is 10.9. The lowest BCUT2D eigenvalue weighted by atomic mass is 10.0. The number of hydrogen-bond donors (Lipinski definition) is 1. The van der Waals surface area contributed by atoms with Crippen molar-refractivity contribution in [3.05, 3.63) is 114 Å². The van der Waals surface area contributed by atoms with Crippen molar-refractivity contribution >= 4 is 17.3 Å². The van der Waals surface area contributed by atoms with Crippen LogP contribution in [0.5, 0.6) is 0 Å². The highest BCUT2D eigenvalue weighted by atomic mass is 16.2. The largest absolute Gasteiger partial charge is 0.347 e. The standard InChI is InChI=1S/C26H24N6O/c33-26(28-16-21-11-7-8-12-22(21)17-31-19-27-18-29-31)24-15-25(20-9-3-1-4-10-20)32(30-24)23-13-5-2-6-14-23/h1-14,18-19,25H,15-17H2,(H,28,33). The third-order valence-corrected chi connectivity index (χ3v) is 5.73. The van der Waals surface area contributed by atoms with Crippen molar-refractivity contribution in [2.45, 2.75) is 25.6 Å². The Kier molecular flexibility index (Phi) is 5.93. The molecular formula is C26H24N6O. The molecule has 7 heteroatoms. The Morgan fingerprint density at radius 3 is 2.33 bits per heavy atom. The Morgan fingerprint density at radius 1 is 0.909 bits per heavy atom. The molecule has 1 N–H and O–H groups in total. The van der Waals surface area contributed by atoms with E-state index < -0.39 is 0 Å². The first-order valence-electron chi connectivity index (χ1n) is 10.9. The Labute approximate surface area is 192 Å². The van der Waals surface area contributed by atoms with E-state index in [1.54, 1.807) is 11.0 Å². The van der Waals surface area contributed by atoms with E-state index in [0.29, 0.717) is 25.2 Å². The molecule has 1 aliphatic rings. The molecule has 0 saturated heterocycles. The molecule has 164 valence electrons. The maximum Gasteiger partial charge on any atom is 0.267 e. The van der Waals surface area contributed by atoms with Crippen molar-refractivity contribution in [3.63, 3.8) is 0 Å². The molecule has 1 amide bonds. The van der Waals surface area contributed by atoms with E-state index in [2.05, 4.69) is 27.5 Å². The van der Waals surface area contributed by atoms with Gasteiger partial charge in [-0.25, -0.2) is 9.67 Å². The number of para-hydroxylation sites is 1. The van der Waals surface area contributed by atoms with Crippen molar-refractivity contribution in [2.75, 3.05) is 5.01 Å². The Bertz CT molecular complexity index is 1240. The number of carbonyl (C=O) groups is 1. The molecule has 1 aromatic heterocycles. The number of benzene rings is 3. The second-order valence-electron chi connectivity index (χ2n) is 7.90. The van der Waals surface area contributed by atoms with E-state index in [9.17, 15) is 4.79 Å². The predicted molar refractivity (Wildman–Crippen MR) is 128 cm³/mol. The van der Waals surface area contributed by atoms with Gasteiger partial charge in [-0.05, 0) is 28.8 Å². The summed E-state index contributed by atoms with van der Waals surface area (Å²) < 4.78 is 1.77. The molecule has 0 aliphatic carbocycles. The van der Waals surface area contributed by atoms with Gasteiger partial charge in [-0.2, -0.15) is 10.2 Å². The average molecular weight is 437 g/mol. The molecule has 0 fully saturated rings. The van der Waals surface area contributed by atoms with Gasteiger partial charge in [-0.3, -0.25) is 9.80 Å². The molecule has 7 nitrogen and oxygen atoms in total. The smallest absolute Gasteiger partial charge is 0.267 e. The zero-order chi connectivity index (χ0) is 22.5. The maximum atomic E-state index is 13.1. The van der Waals surface area contributed by atoms with Crippen molar-refractivity contribution < 1.29 is 4.79 Å². The van der Waals surface area contributed by atoms with E-state index in [-0.39, 0.29) is 11.9 Å². The topological polar surface area (TPSA) is 75.4 Å². The number of rotatable bonds is 7. The van der Waals surface area contributed by atoms with E-state index in [1.807, 2.05) is 77.8 Å². The van der Waals surface area contributed by atoms with E-state index in [4.69, 9.17) is 5.10 Å². The summed E-state index contributed by atoms with van der Waals surface area (Å²) >= 11 is 0. The summed E-state index contributed by atoms with van der Waals surface area (Å²) in [6, 6.07) is 28.2. The lowest BCUT2D eigenvalue weighted by molar-refractivity contribution is -0.115. The summed E-state index contributed by atoms with van der Waals surface area (Å²) in [5.74, 6) is -0.148. The predicted octanol–water partition coefficient (Wildman–Crippen LogP) is 3.95. The van der Waals surface area contributed by atoms with Gasteiger partial charge in [0.1, 0.15) is 18.4 Å². The fourth-order valence-corrected chi connectivity index (χ4v) is 4.05. The molecule has 2 heterocycles. The highest BCUT2D eigenvalue weighted by molar-refractivity contribution is 6.39. The first kappa shape index (κ1) is 20.6. The second-order valence-corrected chi connectivity index (χ2v) is 7.90. The monoisotopic (exact) mass is 436 g/mol. The number of nitrogens with one attached hydrogen (secondary N) is 1. The van der Waals surface area contributed by atoms with Gasteiger partial charge in [-0.1, -0.05) is 72.8 Å². The molecule has 33 heavy (non-hydrogen) atoms. The number of aromatic nitrogens is 3. The number of nitrogens with zero attached hydrogens (tertiary/aromatic N) is 5. The quantitative estimate of drug-likeness (QED) is 0.476. The first-order chi connectivity index (χ1) is 16.3. The third-order valence-electron chi connectivity index (χ3n) is 5.73. The molecule has 4 aromatic rings. The summed E-state index contributed by atoms with van der Waals surface area (Å²) in [6.07, 6.45) is 3.75. The fourth-order valence-electron chi connectivity index (χ4n) is 4.05. The van der Waals surface area contributed by atoms with Crippen LogP contribution in [0.2, 0.25) is 0 Å². The lowest BCUT2D eigenvalue weighted by Crippen LogP contribution is -2.30. The average Bonchev–Trinajstić information content (AvgIpc) is 3.55. The van der Waals surface area contributed by atoms with Crippen LogP contribution in [-0.2, 0) is 17.9 Å². The summed E-state index contributed by atoms with van der Waals surface area (Å²) in [4.78, 5) is 17.1. The van der Waals surface area contributed by atoms with Crippen LogP contribution in [0.25, 0.3) is 0 Å². The van der Waals surface area contributed by atoms with Gasteiger partial charge in [0, 0.05) is 13.0 Å². The summed E-state index contributed by atoms with van der Waals surface area (Å²) in [5, 5.41) is 13.9. The van der Waals surface area contributed by atoms with E-state index in [1.165, 1.54) is 6.33 Å². The lowest BCUT2D eigenvalue weighted by Gasteiger charge is -2.23. The van der Waals surface area contributed by atoms with Gasteiger partial charge < -0.3 is 5.32 Å². The fraction of sp³-hybridized carbons (Fsp3) is 0.154. The van der Waals surface area contributed by atoms with Crippen LogP contribution in [0.15, 0.2) is 103 Å². The van der Waals surface area contributed by atoms with Crippen LogP contribution in [0.1, 0.15) is 29.2 Å². The van der Waals surface area contributed by atoms with Crippen LogP contribution >= 0.6 is 0 Å². The normalized spacial score (nSPS) is 15.3. The molecule has 0 saturated carbocycles. The van der Waals surface area contributed by atoms with Crippen LogP contribution < -0.4 is 10.3 Å². The van der Waals surface area contributed by atoms with Gasteiger partial charge in [0.15, 0.2) is 0 Å². The number of hydrogen-bond acceptors (Lipinski definition) is 5. The minimum Gasteiger partial charge on any atom is -0.347 e. The number of hydrazone groups is 1.